The number of hydrogen-bond donors (Lipinski definition) is 2. The zero-order valence-electron chi connectivity index (χ0n) is 7.27. The molecule has 0 unspecified atom stereocenters. The van der Waals surface area contributed by atoms with E-state index >= 15 is 0 Å². The molecule has 76 valence electrons. The third-order valence-electron chi connectivity index (χ3n) is 1.44. The summed E-state index contributed by atoms with van der Waals surface area (Å²) in [6, 6.07) is 0. The number of aromatic nitrogens is 2. The number of hydrogen-bond acceptors (Lipinski definition) is 5. The van der Waals surface area contributed by atoms with E-state index < -0.39 is 5.97 Å². The molecule has 0 spiro atoms. The van der Waals surface area contributed by atoms with Crippen molar-refractivity contribution >= 4 is 23.4 Å². The Bertz CT molecular complexity index is 312. The lowest BCUT2D eigenvalue weighted by atomic mass is 10.3. The summed E-state index contributed by atoms with van der Waals surface area (Å²) in [7, 11) is 0. The van der Waals surface area contributed by atoms with Crippen LogP contribution in [0.1, 0.15) is 22.5 Å². The zero-order chi connectivity index (χ0) is 10.4. The molecule has 0 fully saturated rings. The van der Waals surface area contributed by atoms with E-state index in [0.717, 1.165) is 11.5 Å². The smallest absolute Gasteiger partial charge is 0.303 e. The van der Waals surface area contributed by atoms with E-state index in [4.69, 9.17) is 5.11 Å². The molecule has 1 heterocycles. The number of carbonyl (C=O) groups excluding carboxylic acids is 1. The van der Waals surface area contributed by atoms with Crippen LogP contribution in [0.4, 0.5) is 0 Å². The predicted octanol–water partition coefficient (Wildman–Crippen LogP) is 0.133. The van der Waals surface area contributed by atoms with Gasteiger partial charge in [-0.1, -0.05) is 4.49 Å². The van der Waals surface area contributed by atoms with Crippen molar-refractivity contribution in [1.82, 2.24) is 14.9 Å². The number of rotatable bonds is 5. The van der Waals surface area contributed by atoms with Gasteiger partial charge in [-0.05, 0) is 18.0 Å². The Balaban J connectivity index is 2.19. The summed E-state index contributed by atoms with van der Waals surface area (Å²) in [5.41, 5.74) is 0. The first-order chi connectivity index (χ1) is 6.70. The molecule has 2 N–H and O–H groups in total. The molecule has 0 bridgehead atoms. The van der Waals surface area contributed by atoms with Gasteiger partial charge in [0.15, 0.2) is 0 Å². The van der Waals surface area contributed by atoms with Gasteiger partial charge in [0.25, 0.3) is 5.91 Å². The van der Waals surface area contributed by atoms with E-state index in [2.05, 4.69) is 14.9 Å². The summed E-state index contributed by atoms with van der Waals surface area (Å²) in [6.07, 6.45) is 1.85. The zero-order valence-corrected chi connectivity index (χ0v) is 8.08. The highest BCUT2D eigenvalue weighted by Crippen LogP contribution is 2.00. The van der Waals surface area contributed by atoms with Gasteiger partial charge in [-0.25, -0.2) is 0 Å². The van der Waals surface area contributed by atoms with E-state index in [1.165, 1.54) is 6.20 Å². The highest BCUT2D eigenvalue weighted by Gasteiger charge is 2.07. The molecule has 7 heteroatoms. The van der Waals surface area contributed by atoms with E-state index in [-0.39, 0.29) is 12.3 Å². The topological polar surface area (TPSA) is 92.2 Å². The van der Waals surface area contributed by atoms with Crippen LogP contribution < -0.4 is 5.32 Å². The molecule has 0 aliphatic carbocycles. The molecule has 1 amide bonds. The van der Waals surface area contributed by atoms with Crippen LogP contribution in [0.3, 0.4) is 0 Å². The number of nitrogens with one attached hydrogen (secondary N) is 1. The molecule has 0 saturated heterocycles. The Morgan fingerprint density at radius 2 is 2.36 bits per heavy atom. The summed E-state index contributed by atoms with van der Waals surface area (Å²) >= 11 is 1.01. The number of amides is 1. The van der Waals surface area contributed by atoms with Crippen LogP contribution in [-0.4, -0.2) is 33.1 Å². The second kappa shape index (κ2) is 5.28. The van der Waals surface area contributed by atoms with E-state index in [1.807, 2.05) is 0 Å². The normalized spacial score (nSPS) is 9.71. The van der Waals surface area contributed by atoms with Crippen LogP contribution in [0.15, 0.2) is 6.20 Å². The Labute approximate surface area is 84.1 Å². The van der Waals surface area contributed by atoms with Gasteiger partial charge < -0.3 is 10.4 Å². The summed E-state index contributed by atoms with van der Waals surface area (Å²) < 4.78 is 3.54. The number of aliphatic carboxylic acids is 1. The summed E-state index contributed by atoms with van der Waals surface area (Å²) in [6.45, 7) is 0.350. The van der Waals surface area contributed by atoms with Gasteiger partial charge in [-0.3, -0.25) is 9.59 Å². The Morgan fingerprint density at radius 3 is 2.93 bits per heavy atom. The Hall–Kier alpha value is -1.50. The van der Waals surface area contributed by atoms with Gasteiger partial charge in [0.05, 0.1) is 6.20 Å². The molecule has 1 aromatic rings. The van der Waals surface area contributed by atoms with E-state index in [1.54, 1.807) is 0 Å². The lowest BCUT2D eigenvalue weighted by molar-refractivity contribution is -0.137. The molecule has 0 saturated carbocycles. The number of carboxylic acid groups (broad SMARTS) is 1. The van der Waals surface area contributed by atoms with Crippen molar-refractivity contribution in [2.75, 3.05) is 6.54 Å². The summed E-state index contributed by atoms with van der Waals surface area (Å²) in [5.74, 6) is -1.12. The highest BCUT2D eigenvalue weighted by atomic mass is 32.1. The van der Waals surface area contributed by atoms with Crippen LogP contribution in [0, 0.1) is 0 Å². The number of nitrogens with zero attached hydrogens (tertiary/aromatic N) is 2. The van der Waals surface area contributed by atoms with Crippen LogP contribution in [0.25, 0.3) is 0 Å². The maximum atomic E-state index is 11.2. The van der Waals surface area contributed by atoms with Crippen molar-refractivity contribution in [3.8, 4) is 0 Å². The van der Waals surface area contributed by atoms with Crippen molar-refractivity contribution in [3.05, 3.63) is 11.1 Å². The maximum Gasteiger partial charge on any atom is 0.303 e. The van der Waals surface area contributed by atoms with Crippen molar-refractivity contribution in [3.63, 3.8) is 0 Å². The van der Waals surface area contributed by atoms with Gasteiger partial charge in [0.2, 0.25) is 0 Å². The molecule has 6 nitrogen and oxygen atoms in total. The van der Waals surface area contributed by atoms with E-state index in [0.29, 0.717) is 17.8 Å². The van der Waals surface area contributed by atoms with Crippen LogP contribution in [-0.2, 0) is 4.79 Å². The predicted molar refractivity (Wildman–Crippen MR) is 49.1 cm³/mol. The lowest BCUT2D eigenvalue weighted by Crippen LogP contribution is -2.23. The molecule has 0 aliphatic heterocycles. The molecule has 1 aromatic heterocycles. The largest absolute Gasteiger partial charge is 0.481 e. The monoisotopic (exact) mass is 215 g/mol. The minimum atomic E-state index is -0.862. The number of carbonyl (C=O) groups is 2. The fourth-order valence-corrected chi connectivity index (χ4v) is 1.23. The molecule has 0 aromatic carbocycles. The van der Waals surface area contributed by atoms with Gasteiger partial charge in [-0.2, -0.15) is 0 Å². The first kappa shape index (κ1) is 10.6. The minimum Gasteiger partial charge on any atom is -0.481 e. The first-order valence-corrected chi connectivity index (χ1v) is 4.75. The molecular weight excluding hydrogens is 206 g/mol. The SMILES string of the molecule is O=C(O)CCCNC(=O)c1cnns1. The van der Waals surface area contributed by atoms with Crippen LogP contribution in [0.5, 0.6) is 0 Å². The minimum absolute atomic E-state index is 0.0568. The number of carboxylic acids is 1. The average Bonchev–Trinajstić information content (AvgIpc) is 2.64. The molecule has 0 atom stereocenters. The third kappa shape index (κ3) is 3.48. The molecule has 14 heavy (non-hydrogen) atoms. The van der Waals surface area contributed by atoms with Gasteiger partial charge >= 0.3 is 5.97 Å². The van der Waals surface area contributed by atoms with Crippen molar-refractivity contribution < 1.29 is 14.7 Å². The van der Waals surface area contributed by atoms with Crippen LogP contribution >= 0.6 is 11.5 Å². The maximum absolute atomic E-state index is 11.2. The van der Waals surface area contributed by atoms with Crippen molar-refractivity contribution in [2.24, 2.45) is 0 Å². The molecule has 0 radical (unpaired) electrons. The standard InChI is InChI=1S/C7H9N3O3S/c11-6(12)2-1-3-8-7(13)5-4-9-10-14-5/h4H,1-3H2,(H,8,13)(H,11,12). The average molecular weight is 215 g/mol. The fraction of sp³-hybridized carbons (Fsp3) is 0.429. The molecule has 1 rings (SSSR count). The van der Waals surface area contributed by atoms with Crippen LogP contribution in [0.2, 0.25) is 0 Å². The third-order valence-corrected chi connectivity index (χ3v) is 2.10. The summed E-state index contributed by atoms with van der Waals surface area (Å²) in [5, 5.41) is 14.4. The second-order valence-corrected chi connectivity index (χ2v) is 3.32. The summed E-state index contributed by atoms with van der Waals surface area (Å²) in [4.78, 5) is 21.8. The van der Waals surface area contributed by atoms with Crippen molar-refractivity contribution in [1.29, 1.82) is 0 Å². The Morgan fingerprint density at radius 1 is 1.57 bits per heavy atom. The van der Waals surface area contributed by atoms with E-state index in [9.17, 15) is 9.59 Å². The first-order valence-electron chi connectivity index (χ1n) is 3.97. The molecular formula is C7H9N3O3S. The van der Waals surface area contributed by atoms with Gasteiger partial charge in [0.1, 0.15) is 4.88 Å². The highest BCUT2D eigenvalue weighted by molar-refractivity contribution is 7.07. The lowest BCUT2D eigenvalue weighted by Gasteiger charge is -2.00. The van der Waals surface area contributed by atoms with Crippen molar-refractivity contribution in [2.45, 2.75) is 12.8 Å². The Kier molecular flexibility index (Phi) is 3.99. The van der Waals surface area contributed by atoms with Gasteiger partial charge in [0, 0.05) is 13.0 Å². The second-order valence-electron chi connectivity index (χ2n) is 2.53. The van der Waals surface area contributed by atoms with Gasteiger partial charge in [-0.15, -0.1) is 5.10 Å². The quantitative estimate of drug-likeness (QED) is 0.681. The fourth-order valence-electron chi connectivity index (χ4n) is 0.796. The molecule has 0 aliphatic rings.